The smallest absolute Gasteiger partial charge is 0.248 e. The van der Waals surface area contributed by atoms with Crippen LogP contribution < -0.4 is 5.32 Å². The third-order valence-corrected chi connectivity index (χ3v) is 4.66. The molecule has 0 bridgehead atoms. The van der Waals surface area contributed by atoms with Crippen molar-refractivity contribution in [2.24, 2.45) is 7.05 Å². The molecule has 1 amide bonds. The summed E-state index contributed by atoms with van der Waals surface area (Å²) in [7, 11) is 1.86. The first kappa shape index (κ1) is 18.2. The molecule has 0 spiro atoms. The van der Waals surface area contributed by atoms with Gasteiger partial charge in [0.2, 0.25) is 5.91 Å². The lowest BCUT2D eigenvalue weighted by Gasteiger charge is -2.03. The minimum atomic E-state index is -0.234. The van der Waals surface area contributed by atoms with Crippen LogP contribution in [0.15, 0.2) is 42.9 Å². The summed E-state index contributed by atoms with van der Waals surface area (Å²) in [6.07, 6.45) is 8.27. The minimum Gasteiger partial charge on any atom is -0.320 e. The maximum atomic E-state index is 12.1. The van der Waals surface area contributed by atoms with E-state index in [0.29, 0.717) is 22.3 Å². The van der Waals surface area contributed by atoms with E-state index < -0.39 is 0 Å². The summed E-state index contributed by atoms with van der Waals surface area (Å²) < 4.78 is 3.47. The lowest BCUT2D eigenvalue weighted by molar-refractivity contribution is -0.111. The van der Waals surface area contributed by atoms with Crippen molar-refractivity contribution >= 4 is 40.9 Å². The number of aromatic nitrogens is 4. The zero-order valence-electron chi connectivity index (χ0n) is 14.3. The molecular formula is C18H17Cl2N5O. The number of amides is 1. The summed E-state index contributed by atoms with van der Waals surface area (Å²) in [6.45, 7) is 2.47. The monoisotopic (exact) mass is 389 g/mol. The van der Waals surface area contributed by atoms with Gasteiger partial charge >= 0.3 is 0 Å². The molecule has 0 fully saturated rings. The first-order valence-electron chi connectivity index (χ1n) is 7.86. The van der Waals surface area contributed by atoms with Gasteiger partial charge in [0.15, 0.2) is 0 Å². The molecule has 134 valence electrons. The van der Waals surface area contributed by atoms with E-state index in [0.717, 1.165) is 16.8 Å². The highest BCUT2D eigenvalue weighted by atomic mass is 35.5. The van der Waals surface area contributed by atoms with Crippen molar-refractivity contribution in [3.63, 3.8) is 0 Å². The van der Waals surface area contributed by atoms with Crippen LogP contribution in [0.3, 0.4) is 0 Å². The van der Waals surface area contributed by atoms with E-state index in [1.54, 1.807) is 46.2 Å². The van der Waals surface area contributed by atoms with Gasteiger partial charge in [0.25, 0.3) is 0 Å². The van der Waals surface area contributed by atoms with Crippen molar-refractivity contribution in [3.8, 4) is 0 Å². The van der Waals surface area contributed by atoms with Gasteiger partial charge in [0.1, 0.15) is 0 Å². The Labute approximate surface area is 161 Å². The Morgan fingerprint density at radius 3 is 2.73 bits per heavy atom. The normalized spacial score (nSPS) is 11.2. The van der Waals surface area contributed by atoms with Gasteiger partial charge < -0.3 is 5.32 Å². The predicted octanol–water partition coefficient (Wildman–Crippen LogP) is 3.93. The van der Waals surface area contributed by atoms with Crippen LogP contribution in [0.1, 0.15) is 16.8 Å². The second kappa shape index (κ2) is 7.76. The van der Waals surface area contributed by atoms with E-state index >= 15 is 0 Å². The van der Waals surface area contributed by atoms with E-state index in [4.69, 9.17) is 23.2 Å². The third-order valence-electron chi connectivity index (χ3n) is 3.92. The fourth-order valence-electron chi connectivity index (χ4n) is 2.37. The van der Waals surface area contributed by atoms with Crippen molar-refractivity contribution in [3.05, 3.63) is 69.7 Å². The van der Waals surface area contributed by atoms with Crippen LogP contribution in [0, 0.1) is 6.92 Å². The number of carbonyl (C=O) groups is 1. The van der Waals surface area contributed by atoms with Crippen molar-refractivity contribution in [1.29, 1.82) is 0 Å². The second-order valence-electron chi connectivity index (χ2n) is 5.81. The fraction of sp³-hybridized carbons (Fsp3) is 0.167. The number of halogens is 2. The highest BCUT2D eigenvalue weighted by Crippen LogP contribution is 2.23. The molecule has 1 aromatic carbocycles. The highest BCUT2D eigenvalue weighted by molar-refractivity contribution is 6.42. The Hall–Kier alpha value is -2.57. The molecule has 3 rings (SSSR count). The summed E-state index contributed by atoms with van der Waals surface area (Å²) in [5.41, 5.74) is 3.47. The van der Waals surface area contributed by atoms with Gasteiger partial charge in [-0.1, -0.05) is 29.3 Å². The lowest BCUT2D eigenvalue weighted by atomic mass is 10.2. The van der Waals surface area contributed by atoms with Crippen LogP contribution in [-0.4, -0.2) is 25.5 Å². The van der Waals surface area contributed by atoms with Crippen LogP contribution in [0.5, 0.6) is 0 Å². The van der Waals surface area contributed by atoms with E-state index in [2.05, 4.69) is 15.5 Å². The molecule has 0 saturated heterocycles. The molecule has 0 aliphatic carbocycles. The van der Waals surface area contributed by atoms with Gasteiger partial charge in [-0.3, -0.25) is 14.2 Å². The zero-order valence-corrected chi connectivity index (χ0v) is 15.8. The second-order valence-corrected chi connectivity index (χ2v) is 6.62. The lowest BCUT2D eigenvalue weighted by Crippen LogP contribution is -2.07. The molecule has 8 heteroatoms. The highest BCUT2D eigenvalue weighted by Gasteiger charge is 2.05. The largest absolute Gasteiger partial charge is 0.320 e. The molecule has 1 N–H and O–H groups in total. The molecule has 0 aliphatic heterocycles. The van der Waals surface area contributed by atoms with Crippen LogP contribution in [0.2, 0.25) is 10.0 Å². The number of aryl methyl sites for hydroxylation is 1. The van der Waals surface area contributed by atoms with E-state index in [1.165, 1.54) is 6.08 Å². The molecule has 0 radical (unpaired) electrons. The molecule has 2 aromatic heterocycles. The first-order chi connectivity index (χ1) is 12.4. The molecule has 3 aromatic rings. The van der Waals surface area contributed by atoms with E-state index in [-0.39, 0.29) is 5.91 Å². The molecule has 0 saturated carbocycles. The number of hydrogen-bond donors (Lipinski definition) is 1. The van der Waals surface area contributed by atoms with E-state index in [9.17, 15) is 4.79 Å². The summed E-state index contributed by atoms with van der Waals surface area (Å²) in [6, 6.07) is 5.42. The predicted molar refractivity (Wildman–Crippen MR) is 103 cm³/mol. The van der Waals surface area contributed by atoms with Crippen LogP contribution in [-0.2, 0) is 18.4 Å². The summed E-state index contributed by atoms with van der Waals surface area (Å²) in [5, 5.41) is 12.2. The van der Waals surface area contributed by atoms with Gasteiger partial charge in [0.05, 0.1) is 34.7 Å². The van der Waals surface area contributed by atoms with Crippen LogP contribution >= 0.6 is 23.2 Å². The Bertz CT molecular complexity index is 974. The minimum absolute atomic E-state index is 0.234. The summed E-state index contributed by atoms with van der Waals surface area (Å²) in [4.78, 5) is 12.1. The standard InChI is InChI=1S/C18H17Cl2N5O/c1-12-14(8-21-24(12)2)4-6-18(26)23-15-9-22-25(11-15)10-13-3-5-16(19)17(20)7-13/h3-9,11H,10H2,1-2H3,(H,23,26)/b6-4+. The van der Waals surface area contributed by atoms with Gasteiger partial charge in [-0.2, -0.15) is 10.2 Å². The van der Waals surface area contributed by atoms with Gasteiger partial charge in [0, 0.05) is 30.6 Å². The molecule has 2 heterocycles. The quantitative estimate of drug-likeness (QED) is 0.672. The number of carbonyl (C=O) groups excluding carboxylic acids is 1. The SMILES string of the molecule is Cc1c(/C=C/C(=O)Nc2cnn(Cc3ccc(Cl)c(Cl)c3)c2)cnn1C. The van der Waals surface area contributed by atoms with Crippen molar-refractivity contribution in [2.45, 2.75) is 13.5 Å². The first-order valence-corrected chi connectivity index (χ1v) is 8.62. The molecule has 26 heavy (non-hydrogen) atoms. The van der Waals surface area contributed by atoms with E-state index in [1.807, 2.05) is 20.0 Å². The maximum absolute atomic E-state index is 12.1. The van der Waals surface area contributed by atoms with Crippen molar-refractivity contribution in [1.82, 2.24) is 19.6 Å². The number of anilines is 1. The average Bonchev–Trinajstić information content (AvgIpc) is 3.17. The molecule has 0 atom stereocenters. The van der Waals surface area contributed by atoms with Crippen molar-refractivity contribution in [2.75, 3.05) is 5.32 Å². The topological polar surface area (TPSA) is 64.7 Å². The van der Waals surface area contributed by atoms with Crippen molar-refractivity contribution < 1.29 is 4.79 Å². The Kier molecular flexibility index (Phi) is 5.44. The summed E-state index contributed by atoms with van der Waals surface area (Å²) >= 11 is 11.9. The fourth-order valence-corrected chi connectivity index (χ4v) is 2.69. The number of nitrogens with zero attached hydrogens (tertiary/aromatic N) is 4. The van der Waals surface area contributed by atoms with Gasteiger partial charge in [-0.25, -0.2) is 0 Å². The molecule has 0 aliphatic rings. The molecule has 0 unspecified atom stereocenters. The Morgan fingerprint density at radius 2 is 2.04 bits per heavy atom. The van der Waals surface area contributed by atoms with Crippen LogP contribution in [0.25, 0.3) is 6.08 Å². The van der Waals surface area contributed by atoms with Gasteiger partial charge in [-0.05, 0) is 30.7 Å². The average molecular weight is 390 g/mol. The van der Waals surface area contributed by atoms with Gasteiger partial charge in [-0.15, -0.1) is 0 Å². The zero-order chi connectivity index (χ0) is 18.7. The Balaban J connectivity index is 1.61. The number of nitrogens with one attached hydrogen (secondary N) is 1. The number of benzene rings is 1. The maximum Gasteiger partial charge on any atom is 0.248 e. The number of rotatable bonds is 5. The third kappa shape index (κ3) is 4.33. The van der Waals surface area contributed by atoms with Crippen LogP contribution in [0.4, 0.5) is 5.69 Å². The Morgan fingerprint density at radius 1 is 1.23 bits per heavy atom. The molecular weight excluding hydrogens is 373 g/mol. The molecule has 6 nitrogen and oxygen atoms in total. The summed E-state index contributed by atoms with van der Waals surface area (Å²) in [5.74, 6) is -0.234. The number of hydrogen-bond acceptors (Lipinski definition) is 3.